The van der Waals surface area contributed by atoms with Crippen molar-refractivity contribution >= 4 is 6.09 Å². The largest absolute Gasteiger partial charge is 0.465 e. The first kappa shape index (κ1) is 9.53. The lowest BCUT2D eigenvalue weighted by Gasteiger charge is -1.98. The Kier molecular flexibility index (Phi) is 3.27. The topological polar surface area (TPSA) is 95.6 Å². The Bertz CT molecular complexity index is 284. The van der Waals surface area contributed by atoms with E-state index in [2.05, 4.69) is 10.3 Å². The molecule has 0 bridgehead atoms. The fourth-order valence-corrected chi connectivity index (χ4v) is 0.909. The summed E-state index contributed by atoms with van der Waals surface area (Å²) in [5.74, 6) is 0.510. The highest BCUT2D eigenvalue weighted by Crippen LogP contribution is 2.06. The summed E-state index contributed by atoms with van der Waals surface area (Å²) in [5.41, 5.74) is 0.451. The Labute approximate surface area is 74.2 Å². The molecule has 6 nitrogen and oxygen atoms in total. The fraction of sp³-hybridized carbons (Fsp3) is 0.429. The van der Waals surface area contributed by atoms with Crippen LogP contribution in [0.15, 0.2) is 10.8 Å². The molecule has 3 N–H and O–H groups in total. The second-order valence-electron chi connectivity index (χ2n) is 2.36. The second kappa shape index (κ2) is 4.46. The van der Waals surface area contributed by atoms with E-state index in [1.54, 1.807) is 0 Å². The molecule has 1 heterocycles. The first-order valence-corrected chi connectivity index (χ1v) is 3.73. The molecule has 0 unspecified atom stereocenters. The van der Waals surface area contributed by atoms with Gasteiger partial charge in [0, 0.05) is 13.0 Å². The number of aromatic nitrogens is 1. The van der Waals surface area contributed by atoms with E-state index in [0.717, 1.165) is 0 Å². The Morgan fingerprint density at radius 1 is 1.69 bits per heavy atom. The molecule has 6 heteroatoms. The van der Waals surface area contributed by atoms with E-state index < -0.39 is 6.09 Å². The van der Waals surface area contributed by atoms with Crippen molar-refractivity contribution in [2.75, 3.05) is 6.54 Å². The third kappa shape index (κ3) is 2.75. The SMILES string of the molecule is O=C(O)NCCc1ocnc1CO. The van der Waals surface area contributed by atoms with Crippen LogP contribution in [0.2, 0.25) is 0 Å². The molecule has 1 aromatic heterocycles. The minimum absolute atomic E-state index is 0.196. The summed E-state index contributed by atoms with van der Waals surface area (Å²) >= 11 is 0. The van der Waals surface area contributed by atoms with Gasteiger partial charge in [-0.15, -0.1) is 0 Å². The molecule has 0 aromatic carbocycles. The third-order valence-electron chi connectivity index (χ3n) is 1.50. The smallest absolute Gasteiger partial charge is 0.404 e. The van der Waals surface area contributed by atoms with Crippen LogP contribution in [-0.2, 0) is 13.0 Å². The van der Waals surface area contributed by atoms with Crippen LogP contribution in [0.25, 0.3) is 0 Å². The number of hydrogen-bond acceptors (Lipinski definition) is 4. The van der Waals surface area contributed by atoms with Gasteiger partial charge in [0.2, 0.25) is 0 Å². The maximum atomic E-state index is 10.1. The van der Waals surface area contributed by atoms with E-state index in [1.807, 2.05) is 0 Å². The van der Waals surface area contributed by atoms with Gasteiger partial charge < -0.3 is 19.9 Å². The Morgan fingerprint density at radius 2 is 2.46 bits per heavy atom. The summed E-state index contributed by atoms with van der Waals surface area (Å²) < 4.78 is 4.93. The minimum Gasteiger partial charge on any atom is -0.465 e. The van der Waals surface area contributed by atoms with Crippen LogP contribution < -0.4 is 5.32 Å². The quantitative estimate of drug-likeness (QED) is 0.614. The number of rotatable bonds is 4. The Morgan fingerprint density at radius 3 is 3.08 bits per heavy atom. The monoisotopic (exact) mass is 186 g/mol. The first-order valence-electron chi connectivity index (χ1n) is 3.73. The van der Waals surface area contributed by atoms with Gasteiger partial charge in [0.25, 0.3) is 0 Å². The van der Waals surface area contributed by atoms with E-state index in [4.69, 9.17) is 14.6 Å². The lowest BCUT2D eigenvalue weighted by molar-refractivity contribution is 0.194. The predicted molar refractivity (Wildman–Crippen MR) is 42.2 cm³/mol. The zero-order chi connectivity index (χ0) is 9.68. The molecule has 0 spiro atoms. The van der Waals surface area contributed by atoms with Crippen LogP contribution in [-0.4, -0.2) is 27.8 Å². The maximum Gasteiger partial charge on any atom is 0.404 e. The lowest BCUT2D eigenvalue weighted by atomic mass is 10.3. The number of aliphatic hydroxyl groups excluding tert-OH is 1. The lowest BCUT2D eigenvalue weighted by Crippen LogP contribution is -2.23. The number of oxazole rings is 1. The van der Waals surface area contributed by atoms with Crippen LogP contribution in [0, 0.1) is 0 Å². The molecule has 1 rings (SSSR count). The Balaban J connectivity index is 2.40. The van der Waals surface area contributed by atoms with Crippen molar-refractivity contribution in [3.63, 3.8) is 0 Å². The second-order valence-corrected chi connectivity index (χ2v) is 2.36. The number of aliphatic hydroxyl groups is 1. The molecule has 1 amide bonds. The summed E-state index contributed by atoms with van der Waals surface area (Å²) in [6.45, 7) is 0.0520. The van der Waals surface area contributed by atoms with E-state index in [1.165, 1.54) is 6.39 Å². The van der Waals surface area contributed by atoms with Crippen molar-refractivity contribution in [3.8, 4) is 0 Å². The molecule has 13 heavy (non-hydrogen) atoms. The van der Waals surface area contributed by atoms with Gasteiger partial charge >= 0.3 is 6.09 Å². The van der Waals surface area contributed by atoms with E-state index >= 15 is 0 Å². The molecular weight excluding hydrogens is 176 g/mol. The molecule has 0 saturated carbocycles. The molecule has 0 fully saturated rings. The minimum atomic E-state index is -1.08. The average molecular weight is 186 g/mol. The Hall–Kier alpha value is -1.56. The molecule has 0 saturated heterocycles. The van der Waals surface area contributed by atoms with Gasteiger partial charge in [-0.1, -0.05) is 0 Å². The third-order valence-corrected chi connectivity index (χ3v) is 1.50. The van der Waals surface area contributed by atoms with Gasteiger partial charge in [-0.05, 0) is 0 Å². The number of carbonyl (C=O) groups is 1. The highest BCUT2D eigenvalue weighted by molar-refractivity contribution is 5.64. The molecule has 72 valence electrons. The molecule has 0 atom stereocenters. The van der Waals surface area contributed by atoms with E-state index in [-0.39, 0.29) is 13.2 Å². The molecule has 0 aliphatic rings. The standard InChI is InChI=1S/C7H10N2O4/c10-3-5-6(13-4-9-5)1-2-8-7(11)12/h4,8,10H,1-3H2,(H,11,12). The van der Waals surface area contributed by atoms with Crippen molar-refractivity contribution in [3.05, 3.63) is 17.8 Å². The van der Waals surface area contributed by atoms with Crippen molar-refractivity contribution in [1.82, 2.24) is 10.3 Å². The fourth-order valence-electron chi connectivity index (χ4n) is 0.909. The number of nitrogens with zero attached hydrogens (tertiary/aromatic N) is 1. The van der Waals surface area contributed by atoms with Crippen molar-refractivity contribution in [1.29, 1.82) is 0 Å². The first-order chi connectivity index (χ1) is 6.24. The average Bonchev–Trinajstić information content (AvgIpc) is 2.51. The highest BCUT2D eigenvalue weighted by Gasteiger charge is 2.06. The van der Waals surface area contributed by atoms with Gasteiger partial charge in [-0.3, -0.25) is 0 Å². The van der Waals surface area contributed by atoms with Crippen molar-refractivity contribution in [2.45, 2.75) is 13.0 Å². The van der Waals surface area contributed by atoms with Crippen LogP contribution in [0.5, 0.6) is 0 Å². The van der Waals surface area contributed by atoms with Gasteiger partial charge in [0.15, 0.2) is 6.39 Å². The molecular formula is C7H10N2O4. The van der Waals surface area contributed by atoms with Crippen LogP contribution in [0.4, 0.5) is 4.79 Å². The molecule has 0 aliphatic heterocycles. The summed E-state index contributed by atoms with van der Waals surface area (Å²) in [4.78, 5) is 13.8. The highest BCUT2D eigenvalue weighted by atomic mass is 16.4. The van der Waals surface area contributed by atoms with Gasteiger partial charge in [0.1, 0.15) is 11.5 Å². The molecule has 1 aromatic rings. The zero-order valence-electron chi connectivity index (χ0n) is 6.86. The zero-order valence-corrected chi connectivity index (χ0v) is 6.86. The molecule has 0 aliphatic carbocycles. The van der Waals surface area contributed by atoms with Crippen molar-refractivity contribution < 1.29 is 19.4 Å². The van der Waals surface area contributed by atoms with Crippen LogP contribution in [0.3, 0.4) is 0 Å². The van der Waals surface area contributed by atoms with Gasteiger partial charge in [-0.25, -0.2) is 9.78 Å². The summed E-state index contributed by atoms with van der Waals surface area (Å²) in [6, 6.07) is 0. The van der Waals surface area contributed by atoms with Gasteiger partial charge in [-0.2, -0.15) is 0 Å². The number of amides is 1. The van der Waals surface area contributed by atoms with Crippen molar-refractivity contribution in [2.24, 2.45) is 0 Å². The number of nitrogens with one attached hydrogen (secondary N) is 1. The van der Waals surface area contributed by atoms with Gasteiger partial charge in [0.05, 0.1) is 6.61 Å². The summed E-state index contributed by atoms with van der Waals surface area (Å²) in [5, 5.41) is 19.2. The maximum absolute atomic E-state index is 10.1. The number of carboxylic acid groups (broad SMARTS) is 1. The summed E-state index contributed by atoms with van der Waals surface area (Å²) in [7, 11) is 0. The predicted octanol–water partition coefficient (Wildman–Crippen LogP) is -0.0230. The normalized spacial score (nSPS) is 9.92. The van der Waals surface area contributed by atoms with Crippen LogP contribution in [0.1, 0.15) is 11.5 Å². The van der Waals surface area contributed by atoms with Crippen LogP contribution >= 0.6 is 0 Å². The molecule has 0 radical (unpaired) electrons. The number of hydrogen-bond donors (Lipinski definition) is 3. The van der Waals surface area contributed by atoms with E-state index in [9.17, 15) is 4.79 Å². The summed E-state index contributed by atoms with van der Waals surface area (Å²) in [6.07, 6.45) is 0.536. The van der Waals surface area contributed by atoms with E-state index in [0.29, 0.717) is 17.9 Å².